The predicted octanol–water partition coefficient (Wildman–Crippen LogP) is 2.78. The van der Waals surface area contributed by atoms with Gasteiger partial charge in [0.05, 0.1) is 0 Å². The lowest BCUT2D eigenvalue weighted by Crippen LogP contribution is -2.17. The highest BCUT2D eigenvalue weighted by molar-refractivity contribution is 7.09. The van der Waals surface area contributed by atoms with E-state index in [1.165, 1.54) is 0 Å². The van der Waals surface area contributed by atoms with Gasteiger partial charge in [-0.05, 0) is 11.6 Å². The van der Waals surface area contributed by atoms with Crippen molar-refractivity contribution >= 4 is 22.4 Å². The van der Waals surface area contributed by atoms with E-state index in [1.54, 1.807) is 24.1 Å². The Hall–Kier alpha value is -1.83. The number of nitrogens with zero attached hydrogens (tertiary/aromatic N) is 3. The highest BCUT2D eigenvalue weighted by atomic mass is 32.1. The van der Waals surface area contributed by atoms with E-state index >= 15 is 0 Å². The van der Waals surface area contributed by atoms with Gasteiger partial charge in [0.15, 0.2) is 0 Å². The molecule has 0 bridgehead atoms. The first-order chi connectivity index (χ1) is 8.88. The standard InChI is InChI=1S/C11H11F3N4S/c1-18(6-7-4-2-3-5-8(7)15)10-16-9(17-19-10)11(12,13)14/h2-5H,6,15H2,1H3. The van der Waals surface area contributed by atoms with Crippen LogP contribution in [-0.2, 0) is 12.7 Å². The third-order valence-electron chi connectivity index (χ3n) is 2.46. The Morgan fingerprint density at radius 3 is 2.58 bits per heavy atom. The molecule has 0 fully saturated rings. The Bertz CT molecular complexity index is 567. The van der Waals surface area contributed by atoms with Crippen LogP contribution >= 0.6 is 11.5 Å². The smallest absolute Gasteiger partial charge is 0.398 e. The molecule has 1 heterocycles. The number of hydrogen-bond donors (Lipinski definition) is 1. The molecule has 0 atom stereocenters. The third kappa shape index (κ3) is 3.14. The lowest BCUT2D eigenvalue weighted by Gasteiger charge is -2.16. The van der Waals surface area contributed by atoms with Crippen LogP contribution in [0.15, 0.2) is 24.3 Å². The van der Waals surface area contributed by atoms with Crippen molar-refractivity contribution in [3.63, 3.8) is 0 Å². The maximum Gasteiger partial charge on any atom is 0.452 e. The van der Waals surface area contributed by atoms with Gasteiger partial charge in [0.1, 0.15) is 0 Å². The van der Waals surface area contributed by atoms with Crippen LogP contribution in [0.2, 0.25) is 0 Å². The van der Waals surface area contributed by atoms with Gasteiger partial charge in [0, 0.05) is 30.8 Å². The van der Waals surface area contributed by atoms with Gasteiger partial charge in [0.25, 0.3) is 0 Å². The van der Waals surface area contributed by atoms with Crippen molar-refractivity contribution in [1.29, 1.82) is 0 Å². The molecule has 0 aliphatic carbocycles. The number of nitrogen functional groups attached to an aromatic ring is 1. The molecule has 0 aliphatic rings. The van der Waals surface area contributed by atoms with Crippen LogP contribution in [0.5, 0.6) is 0 Å². The number of halogens is 3. The molecular formula is C11H11F3N4S. The summed E-state index contributed by atoms with van der Waals surface area (Å²) >= 11 is 0.714. The zero-order chi connectivity index (χ0) is 14.0. The van der Waals surface area contributed by atoms with Gasteiger partial charge >= 0.3 is 6.18 Å². The minimum atomic E-state index is -4.51. The van der Waals surface area contributed by atoms with E-state index in [9.17, 15) is 13.2 Å². The summed E-state index contributed by atoms with van der Waals surface area (Å²) in [6.07, 6.45) is -4.51. The summed E-state index contributed by atoms with van der Waals surface area (Å²) in [7, 11) is 1.65. The van der Waals surface area contributed by atoms with E-state index in [1.807, 2.05) is 12.1 Å². The maximum absolute atomic E-state index is 12.4. The second-order valence-corrected chi connectivity index (χ2v) is 4.68. The summed E-state index contributed by atoms with van der Waals surface area (Å²) in [5, 5.41) is 0.204. The first-order valence-corrected chi connectivity index (χ1v) is 6.10. The molecule has 0 saturated carbocycles. The molecule has 0 amide bonds. The van der Waals surface area contributed by atoms with Crippen LogP contribution < -0.4 is 10.6 Å². The molecule has 1 aromatic heterocycles. The van der Waals surface area contributed by atoms with Gasteiger partial charge in [-0.2, -0.15) is 22.5 Å². The largest absolute Gasteiger partial charge is 0.452 e. The van der Waals surface area contributed by atoms with Crippen molar-refractivity contribution in [2.24, 2.45) is 0 Å². The van der Waals surface area contributed by atoms with Crippen LogP contribution in [0, 0.1) is 0 Å². The van der Waals surface area contributed by atoms with E-state index in [4.69, 9.17) is 5.73 Å². The first kappa shape index (κ1) is 13.6. The van der Waals surface area contributed by atoms with Crippen LogP contribution in [-0.4, -0.2) is 16.4 Å². The Morgan fingerprint density at radius 2 is 2.00 bits per heavy atom. The molecule has 102 valence electrons. The first-order valence-electron chi connectivity index (χ1n) is 5.33. The molecule has 19 heavy (non-hydrogen) atoms. The van der Waals surface area contributed by atoms with Crippen molar-refractivity contribution in [2.75, 3.05) is 17.7 Å². The number of anilines is 2. The van der Waals surface area contributed by atoms with Gasteiger partial charge in [-0.25, -0.2) is 0 Å². The van der Waals surface area contributed by atoms with Crippen molar-refractivity contribution in [2.45, 2.75) is 12.7 Å². The fraction of sp³-hybridized carbons (Fsp3) is 0.273. The van der Waals surface area contributed by atoms with Gasteiger partial charge in [-0.1, -0.05) is 18.2 Å². The fourth-order valence-corrected chi connectivity index (χ4v) is 2.13. The number of para-hydroxylation sites is 1. The topological polar surface area (TPSA) is 55.0 Å². The van der Waals surface area contributed by atoms with Crippen LogP contribution in [0.25, 0.3) is 0 Å². The summed E-state index contributed by atoms with van der Waals surface area (Å²) < 4.78 is 40.5. The lowest BCUT2D eigenvalue weighted by molar-refractivity contribution is -0.144. The van der Waals surface area contributed by atoms with E-state index in [2.05, 4.69) is 9.36 Å². The molecule has 1 aromatic carbocycles. The molecular weight excluding hydrogens is 277 g/mol. The monoisotopic (exact) mass is 288 g/mol. The molecule has 2 N–H and O–H groups in total. The highest BCUT2D eigenvalue weighted by Crippen LogP contribution is 2.30. The number of nitrogens with two attached hydrogens (primary N) is 1. The molecule has 0 radical (unpaired) electrons. The Kier molecular flexibility index (Phi) is 3.61. The van der Waals surface area contributed by atoms with Crippen LogP contribution in [0.1, 0.15) is 11.4 Å². The van der Waals surface area contributed by atoms with Crippen LogP contribution in [0.3, 0.4) is 0 Å². The quantitative estimate of drug-likeness (QED) is 0.882. The number of hydrogen-bond acceptors (Lipinski definition) is 5. The highest BCUT2D eigenvalue weighted by Gasteiger charge is 2.36. The molecule has 0 spiro atoms. The molecule has 0 saturated heterocycles. The Labute approximate surface area is 111 Å². The van der Waals surface area contributed by atoms with E-state index in [0.717, 1.165) is 5.56 Å². The average Bonchev–Trinajstić information content (AvgIpc) is 2.81. The normalized spacial score (nSPS) is 11.6. The van der Waals surface area contributed by atoms with Crippen molar-refractivity contribution in [3.8, 4) is 0 Å². The van der Waals surface area contributed by atoms with Crippen molar-refractivity contribution < 1.29 is 13.2 Å². The number of alkyl halides is 3. The van der Waals surface area contributed by atoms with Gasteiger partial charge in [-0.15, -0.1) is 0 Å². The Balaban J connectivity index is 2.15. The maximum atomic E-state index is 12.4. The molecule has 0 aliphatic heterocycles. The molecule has 2 aromatic rings. The summed E-state index contributed by atoms with van der Waals surface area (Å²) in [5.74, 6) is -1.11. The fourth-order valence-electron chi connectivity index (χ4n) is 1.49. The minimum absolute atomic E-state index is 0.204. The summed E-state index contributed by atoms with van der Waals surface area (Å²) in [5.41, 5.74) is 7.20. The molecule has 8 heteroatoms. The summed E-state index contributed by atoms with van der Waals surface area (Å²) in [6, 6.07) is 7.17. The van der Waals surface area contributed by atoms with Crippen molar-refractivity contribution in [1.82, 2.24) is 9.36 Å². The van der Waals surface area contributed by atoms with Gasteiger partial charge in [0.2, 0.25) is 11.0 Å². The summed E-state index contributed by atoms with van der Waals surface area (Å²) in [6.45, 7) is 0.374. The van der Waals surface area contributed by atoms with Gasteiger partial charge in [-0.3, -0.25) is 0 Å². The minimum Gasteiger partial charge on any atom is -0.398 e. The molecule has 2 rings (SSSR count). The molecule has 0 unspecified atom stereocenters. The van der Waals surface area contributed by atoms with E-state index in [0.29, 0.717) is 23.8 Å². The number of aromatic nitrogens is 2. The zero-order valence-electron chi connectivity index (χ0n) is 9.98. The Morgan fingerprint density at radius 1 is 1.32 bits per heavy atom. The number of rotatable bonds is 3. The number of benzene rings is 1. The third-order valence-corrected chi connectivity index (χ3v) is 3.29. The van der Waals surface area contributed by atoms with Crippen molar-refractivity contribution in [3.05, 3.63) is 35.7 Å². The van der Waals surface area contributed by atoms with Gasteiger partial charge < -0.3 is 10.6 Å². The second kappa shape index (κ2) is 5.04. The summed E-state index contributed by atoms with van der Waals surface area (Å²) in [4.78, 5) is 5.06. The average molecular weight is 288 g/mol. The zero-order valence-corrected chi connectivity index (χ0v) is 10.8. The molecule has 4 nitrogen and oxygen atoms in total. The second-order valence-electron chi connectivity index (χ2n) is 3.95. The van der Waals surface area contributed by atoms with Crippen LogP contribution in [0.4, 0.5) is 24.0 Å². The lowest BCUT2D eigenvalue weighted by atomic mass is 10.2. The SMILES string of the molecule is CN(Cc1ccccc1N)c1nc(C(F)(F)F)ns1. The predicted molar refractivity (Wildman–Crippen MR) is 67.9 cm³/mol. The van der Waals surface area contributed by atoms with E-state index in [-0.39, 0.29) is 5.13 Å². The van der Waals surface area contributed by atoms with E-state index < -0.39 is 12.0 Å².